The van der Waals surface area contributed by atoms with Crippen LogP contribution in [0.1, 0.15) is 11.3 Å². The highest BCUT2D eigenvalue weighted by molar-refractivity contribution is 5.86. The first-order chi connectivity index (χ1) is 13.5. The summed E-state index contributed by atoms with van der Waals surface area (Å²) in [5.74, 6) is -0.970. The highest BCUT2D eigenvalue weighted by Gasteiger charge is 2.18. The smallest absolute Gasteiger partial charge is 0.412 e. The van der Waals surface area contributed by atoms with Crippen LogP contribution in [0.3, 0.4) is 0 Å². The number of aromatic amines is 1. The van der Waals surface area contributed by atoms with Crippen molar-refractivity contribution < 1.29 is 19.4 Å². The minimum Gasteiger partial charge on any atom is -0.481 e. The first-order valence-electron chi connectivity index (χ1n) is 8.41. The molecule has 3 rings (SSSR count). The molecular weight excluding hydrogens is 362 g/mol. The molecule has 1 amide bonds. The van der Waals surface area contributed by atoms with Crippen molar-refractivity contribution >= 4 is 17.7 Å². The van der Waals surface area contributed by atoms with Crippen LogP contribution in [0.15, 0.2) is 65.5 Å². The van der Waals surface area contributed by atoms with Crippen molar-refractivity contribution in [3.63, 3.8) is 0 Å². The third kappa shape index (κ3) is 4.82. The van der Waals surface area contributed by atoms with Crippen LogP contribution in [0, 0.1) is 0 Å². The third-order valence-electron chi connectivity index (χ3n) is 3.80. The number of carboxylic acids is 1. The van der Waals surface area contributed by atoms with Gasteiger partial charge in [-0.15, -0.1) is 0 Å². The summed E-state index contributed by atoms with van der Waals surface area (Å²) >= 11 is 0. The average Bonchev–Trinajstić information content (AvgIpc) is 2.70. The van der Waals surface area contributed by atoms with Gasteiger partial charge in [0.25, 0.3) is 5.56 Å². The summed E-state index contributed by atoms with van der Waals surface area (Å²) in [6.07, 6.45) is -1.41. The van der Waals surface area contributed by atoms with Crippen molar-refractivity contribution in [1.29, 1.82) is 0 Å². The van der Waals surface area contributed by atoms with E-state index < -0.39 is 24.0 Å². The molecule has 0 aliphatic heterocycles. The summed E-state index contributed by atoms with van der Waals surface area (Å²) in [4.78, 5) is 42.5. The molecule has 2 aromatic carbocycles. The number of benzene rings is 2. The highest BCUT2D eigenvalue weighted by Crippen LogP contribution is 2.17. The van der Waals surface area contributed by atoms with Crippen molar-refractivity contribution in [2.75, 3.05) is 5.32 Å². The first kappa shape index (κ1) is 18.8. The summed E-state index contributed by atoms with van der Waals surface area (Å²) in [5.41, 5.74) is 0.410. The maximum Gasteiger partial charge on any atom is 0.412 e. The van der Waals surface area contributed by atoms with E-state index >= 15 is 0 Å². The molecule has 0 radical (unpaired) electrons. The summed E-state index contributed by atoms with van der Waals surface area (Å²) in [7, 11) is 0. The fraction of sp³-hybridized carbons (Fsp3) is 0.100. The molecule has 0 saturated carbocycles. The van der Waals surface area contributed by atoms with Gasteiger partial charge < -0.3 is 14.8 Å². The number of carboxylic acid groups (broad SMARTS) is 1. The van der Waals surface area contributed by atoms with Crippen LogP contribution in [0.5, 0.6) is 0 Å². The monoisotopic (exact) mass is 379 g/mol. The second-order valence-corrected chi connectivity index (χ2v) is 5.86. The molecule has 0 spiro atoms. The van der Waals surface area contributed by atoms with Crippen molar-refractivity contribution in [3.8, 4) is 11.4 Å². The van der Waals surface area contributed by atoms with Crippen LogP contribution in [0.2, 0.25) is 0 Å². The number of aliphatic carboxylic acids is 1. The highest BCUT2D eigenvalue weighted by atomic mass is 16.5. The lowest BCUT2D eigenvalue weighted by molar-refractivity contribution is -0.136. The Morgan fingerprint density at radius 3 is 2.32 bits per heavy atom. The van der Waals surface area contributed by atoms with Crippen LogP contribution in [-0.4, -0.2) is 27.1 Å². The van der Waals surface area contributed by atoms with Gasteiger partial charge in [0, 0.05) is 5.56 Å². The molecule has 0 unspecified atom stereocenters. The van der Waals surface area contributed by atoms with Gasteiger partial charge in [-0.1, -0.05) is 60.7 Å². The Morgan fingerprint density at radius 1 is 1.04 bits per heavy atom. The normalized spacial score (nSPS) is 10.3. The summed E-state index contributed by atoms with van der Waals surface area (Å²) in [6, 6.07) is 17.8. The lowest BCUT2D eigenvalue weighted by atomic mass is 10.2. The fourth-order valence-corrected chi connectivity index (χ4v) is 2.51. The second kappa shape index (κ2) is 8.63. The standard InChI is InChI=1S/C20H17N3O5/c24-16(25)11-15-17(22-20(27)28-12-13-7-3-1-4-8-13)19(26)23-18(21-15)14-9-5-2-6-10-14/h1-10H,11-12H2,(H,22,27)(H,24,25)(H,21,23,26). The summed E-state index contributed by atoms with van der Waals surface area (Å²) in [5, 5.41) is 11.4. The Morgan fingerprint density at radius 2 is 1.68 bits per heavy atom. The maximum absolute atomic E-state index is 12.5. The molecule has 1 aromatic heterocycles. The quantitative estimate of drug-likeness (QED) is 0.605. The molecule has 8 nitrogen and oxygen atoms in total. The van der Waals surface area contributed by atoms with E-state index in [2.05, 4.69) is 15.3 Å². The number of carbonyl (C=O) groups excluding carboxylic acids is 1. The van der Waals surface area contributed by atoms with Gasteiger partial charge in [0.2, 0.25) is 0 Å². The van der Waals surface area contributed by atoms with E-state index in [0.717, 1.165) is 5.56 Å². The van der Waals surface area contributed by atoms with Crippen LogP contribution < -0.4 is 10.9 Å². The van der Waals surface area contributed by atoms with E-state index in [1.54, 1.807) is 54.6 Å². The van der Waals surface area contributed by atoms with E-state index in [-0.39, 0.29) is 23.8 Å². The van der Waals surface area contributed by atoms with Gasteiger partial charge in [0.15, 0.2) is 0 Å². The number of amides is 1. The van der Waals surface area contributed by atoms with Crippen molar-refractivity contribution in [3.05, 3.63) is 82.3 Å². The average molecular weight is 379 g/mol. The van der Waals surface area contributed by atoms with E-state index in [4.69, 9.17) is 9.84 Å². The minimum absolute atomic E-state index is 0.00830. The van der Waals surface area contributed by atoms with E-state index in [1.165, 1.54) is 0 Å². The Hall–Kier alpha value is -3.94. The number of rotatable bonds is 6. The Labute approximate surface area is 159 Å². The number of hydrogen-bond donors (Lipinski definition) is 3. The molecule has 8 heteroatoms. The Kier molecular flexibility index (Phi) is 5.81. The number of anilines is 1. The van der Waals surface area contributed by atoms with Crippen LogP contribution in [0.4, 0.5) is 10.5 Å². The molecule has 0 saturated heterocycles. The second-order valence-electron chi connectivity index (χ2n) is 5.86. The Bertz CT molecular complexity index is 1030. The van der Waals surface area contributed by atoms with Gasteiger partial charge in [0.1, 0.15) is 18.1 Å². The first-order valence-corrected chi connectivity index (χ1v) is 8.41. The molecule has 1 heterocycles. The minimum atomic E-state index is -1.18. The molecule has 3 N–H and O–H groups in total. The number of carbonyl (C=O) groups is 2. The number of nitrogens with one attached hydrogen (secondary N) is 2. The Balaban J connectivity index is 1.83. The SMILES string of the molecule is O=C(O)Cc1nc(-c2ccccc2)[nH]c(=O)c1NC(=O)OCc1ccccc1. The molecule has 142 valence electrons. The van der Waals surface area contributed by atoms with Gasteiger partial charge >= 0.3 is 12.1 Å². The predicted octanol–water partition coefficient (Wildman–Crippen LogP) is 2.81. The zero-order valence-electron chi connectivity index (χ0n) is 14.7. The van der Waals surface area contributed by atoms with E-state index in [9.17, 15) is 14.4 Å². The predicted molar refractivity (Wildman–Crippen MR) is 102 cm³/mol. The number of ether oxygens (including phenoxy) is 1. The molecule has 0 aliphatic carbocycles. The van der Waals surface area contributed by atoms with Gasteiger partial charge in [-0.3, -0.25) is 14.9 Å². The molecule has 28 heavy (non-hydrogen) atoms. The number of nitrogens with zero attached hydrogens (tertiary/aromatic N) is 1. The van der Waals surface area contributed by atoms with Crippen molar-refractivity contribution in [2.45, 2.75) is 13.0 Å². The van der Waals surface area contributed by atoms with E-state index in [0.29, 0.717) is 5.56 Å². The van der Waals surface area contributed by atoms with Crippen molar-refractivity contribution in [2.24, 2.45) is 0 Å². The molecular formula is C20H17N3O5. The molecule has 0 fully saturated rings. The molecule has 0 bridgehead atoms. The van der Waals surface area contributed by atoms with Gasteiger partial charge in [0.05, 0.1) is 12.1 Å². The molecule has 0 aliphatic rings. The third-order valence-corrected chi connectivity index (χ3v) is 3.80. The fourth-order valence-electron chi connectivity index (χ4n) is 2.51. The van der Waals surface area contributed by atoms with Crippen LogP contribution >= 0.6 is 0 Å². The number of aromatic nitrogens is 2. The van der Waals surface area contributed by atoms with Crippen LogP contribution in [-0.2, 0) is 22.6 Å². The van der Waals surface area contributed by atoms with E-state index in [1.807, 2.05) is 6.07 Å². The maximum atomic E-state index is 12.5. The lowest BCUT2D eigenvalue weighted by Crippen LogP contribution is -2.25. The molecule has 0 atom stereocenters. The molecule has 3 aromatic rings. The largest absolute Gasteiger partial charge is 0.481 e. The topological polar surface area (TPSA) is 121 Å². The van der Waals surface area contributed by atoms with Crippen LogP contribution in [0.25, 0.3) is 11.4 Å². The van der Waals surface area contributed by atoms with Crippen molar-refractivity contribution in [1.82, 2.24) is 9.97 Å². The summed E-state index contributed by atoms with van der Waals surface area (Å²) < 4.78 is 5.08. The number of H-pyrrole nitrogens is 1. The van der Waals surface area contributed by atoms with Gasteiger partial charge in [-0.2, -0.15) is 0 Å². The number of hydrogen-bond acceptors (Lipinski definition) is 5. The summed E-state index contributed by atoms with van der Waals surface area (Å²) in [6.45, 7) is 0.00830. The van der Waals surface area contributed by atoms with Gasteiger partial charge in [-0.25, -0.2) is 9.78 Å². The zero-order chi connectivity index (χ0) is 19.9. The zero-order valence-corrected chi connectivity index (χ0v) is 14.7. The van der Waals surface area contributed by atoms with Gasteiger partial charge in [-0.05, 0) is 5.56 Å². The lowest BCUT2D eigenvalue weighted by Gasteiger charge is -2.11.